The second-order valence-corrected chi connectivity index (χ2v) is 7.67. The van der Waals surface area contributed by atoms with Crippen LogP contribution in [-0.2, 0) is 16.1 Å². The lowest BCUT2D eigenvalue weighted by Gasteiger charge is -2.24. The van der Waals surface area contributed by atoms with Crippen molar-refractivity contribution in [1.29, 1.82) is 0 Å². The molecular weight excluding hydrogens is 348 g/mol. The zero-order valence-corrected chi connectivity index (χ0v) is 16.6. The first-order valence-corrected chi connectivity index (χ1v) is 8.90. The first-order chi connectivity index (χ1) is 12.5. The SMILES string of the molecule is CC(C)CC(NC(=O)OC(C)(C)C)C(=O)NNC(=O)c1ccc(CN)cc1. The third kappa shape index (κ3) is 8.54. The van der Waals surface area contributed by atoms with Gasteiger partial charge in [0.15, 0.2) is 0 Å². The molecule has 0 bridgehead atoms. The molecule has 0 radical (unpaired) electrons. The highest BCUT2D eigenvalue weighted by molar-refractivity contribution is 5.96. The Kier molecular flexibility index (Phi) is 8.24. The molecule has 0 spiro atoms. The Bertz CT molecular complexity index is 651. The van der Waals surface area contributed by atoms with Crippen molar-refractivity contribution in [2.45, 2.75) is 59.2 Å². The standard InChI is InChI=1S/C19H30N4O4/c1-12(2)10-15(21-18(26)27-19(3,4)5)17(25)23-22-16(24)14-8-6-13(11-20)7-9-14/h6-9,12,15H,10-11,20H2,1-5H3,(H,21,26)(H,22,24)(H,23,25). The maximum absolute atomic E-state index is 12.4. The summed E-state index contributed by atoms with van der Waals surface area (Å²) in [6.45, 7) is 9.44. The van der Waals surface area contributed by atoms with Crippen molar-refractivity contribution in [1.82, 2.24) is 16.2 Å². The van der Waals surface area contributed by atoms with E-state index in [2.05, 4.69) is 16.2 Å². The van der Waals surface area contributed by atoms with Crippen LogP contribution in [-0.4, -0.2) is 29.6 Å². The molecule has 1 atom stereocenters. The van der Waals surface area contributed by atoms with Crippen LogP contribution in [0, 0.1) is 5.92 Å². The number of nitrogens with two attached hydrogens (primary N) is 1. The third-order valence-corrected chi connectivity index (χ3v) is 3.47. The Morgan fingerprint density at radius 1 is 1.07 bits per heavy atom. The molecule has 3 amide bonds. The molecule has 0 aliphatic carbocycles. The van der Waals surface area contributed by atoms with Gasteiger partial charge in [-0.1, -0.05) is 26.0 Å². The third-order valence-electron chi connectivity index (χ3n) is 3.47. The molecule has 0 aliphatic heterocycles. The fourth-order valence-corrected chi connectivity index (χ4v) is 2.22. The summed E-state index contributed by atoms with van der Waals surface area (Å²) < 4.78 is 5.19. The molecule has 1 rings (SSSR count). The molecule has 8 nitrogen and oxygen atoms in total. The number of benzene rings is 1. The Labute approximate surface area is 160 Å². The van der Waals surface area contributed by atoms with Gasteiger partial charge < -0.3 is 15.8 Å². The lowest BCUT2D eigenvalue weighted by atomic mass is 10.0. The summed E-state index contributed by atoms with van der Waals surface area (Å²) in [6.07, 6.45) is -0.293. The average molecular weight is 378 g/mol. The van der Waals surface area contributed by atoms with Gasteiger partial charge in [0, 0.05) is 12.1 Å². The smallest absolute Gasteiger partial charge is 0.408 e. The molecule has 8 heteroatoms. The largest absolute Gasteiger partial charge is 0.444 e. The number of hydrazine groups is 1. The maximum atomic E-state index is 12.4. The summed E-state index contributed by atoms with van der Waals surface area (Å²) in [7, 11) is 0. The van der Waals surface area contributed by atoms with Gasteiger partial charge in [0.25, 0.3) is 11.8 Å². The Hall–Kier alpha value is -2.61. The van der Waals surface area contributed by atoms with E-state index in [-0.39, 0.29) is 5.92 Å². The second-order valence-electron chi connectivity index (χ2n) is 7.67. The summed E-state index contributed by atoms with van der Waals surface area (Å²) in [6, 6.07) is 5.88. The van der Waals surface area contributed by atoms with E-state index in [1.807, 2.05) is 13.8 Å². The Morgan fingerprint density at radius 3 is 2.15 bits per heavy atom. The van der Waals surface area contributed by atoms with Crippen LogP contribution in [0.1, 0.15) is 57.0 Å². The molecule has 1 aromatic carbocycles. The highest BCUT2D eigenvalue weighted by atomic mass is 16.6. The van der Waals surface area contributed by atoms with Crippen LogP contribution < -0.4 is 21.9 Å². The first kappa shape index (κ1) is 22.4. The number of rotatable bonds is 6. The number of hydrogen-bond acceptors (Lipinski definition) is 5. The van der Waals surface area contributed by atoms with Crippen LogP contribution in [0.5, 0.6) is 0 Å². The van der Waals surface area contributed by atoms with Crippen LogP contribution in [0.15, 0.2) is 24.3 Å². The predicted molar refractivity (Wildman–Crippen MR) is 103 cm³/mol. The zero-order valence-electron chi connectivity index (χ0n) is 16.6. The van der Waals surface area contributed by atoms with Crippen molar-refractivity contribution in [3.8, 4) is 0 Å². The monoisotopic (exact) mass is 378 g/mol. The number of carbonyl (C=O) groups excluding carboxylic acids is 3. The predicted octanol–water partition coefficient (Wildman–Crippen LogP) is 1.85. The fraction of sp³-hybridized carbons (Fsp3) is 0.526. The molecule has 27 heavy (non-hydrogen) atoms. The zero-order chi connectivity index (χ0) is 20.6. The molecule has 0 aromatic heterocycles. The highest BCUT2D eigenvalue weighted by Gasteiger charge is 2.25. The number of amides is 3. The van der Waals surface area contributed by atoms with Crippen molar-refractivity contribution in [3.05, 3.63) is 35.4 Å². The van der Waals surface area contributed by atoms with Gasteiger partial charge in [-0.2, -0.15) is 0 Å². The number of hydrogen-bond donors (Lipinski definition) is 4. The number of ether oxygens (including phenoxy) is 1. The van der Waals surface area contributed by atoms with Crippen LogP contribution in [0.25, 0.3) is 0 Å². The molecule has 1 unspecified atom stereocenters. The molecule has 0 saturated heterocycles. The summed E-state index contributed by atoms with van der Waals surface area (Å²) in [5, 5.41) is 2.54. The molecular formula is C19H30N4O4. The minimum absolute atomic E-state index is 0.148. The second kappa shape index (κ2) is 9.91. The van der Waals surface area contributed by atoms with Crippen molar-refractivity contribution in [2.75, 3.05) is 0 Å². The molecule has 0 fully saturated rings. The summed E-state index contributed by atoms with van der Waals surface area (Å²) >= 11 is 0. The Morgan fingerprint density at radius 2 is 1.67 bits per heavy atom. The van der Waals surface area contributed by atoms with E-state index in [1.54, 1.807) is 45.0 Å². The van der Waals surface area contributed by atoms with E-state index >= 15 is 0 Å². The maximum Gasteiger partial charge on any atom is 0.408 e. The number of alkyl carbamates (subject to hydrolysis) is 1. The van der Waals surface area contributed by atoms with Crippen LogP contribution in [0.4, 0.5) is 4.79 Å². The van der Waals surface area contributed by atoms with E-state index < -0.39 is 29.6 Å². The van der Waals surface area contributed by atoms with Gasteiger partial charge in [0.2, 0.25) is 0 Å². The van der Waals surface area contributed by atoms with E-state index in [1.165, 1.54) is 0 Å². The van der Waals surface area contributed by atoms with Gasteiger partial charge in [0.05, 0.1) is 0 Å². The highest BCUT2D eigenvalue weighted by Crippen LogP contribution is 2.09. The molecule has 0 heterocycles. The van der Waals surface area contributed by atoms with Gasteiger partial charge in [-0.05, 0) is 50.8 Å². The van der Waals surface area contributed by atoms with Crippen molar-refractivity contribution >= 4 is 17.9 Å². The summed E-state index contributed by atoms with van der Waals surface area (Å²) in [4.78, 5) is 36.5. The van der Waals surface area contributed by atoms with E-state index in [0.29, 0.717) is 18.5 Å². The topological polar surface area (TPSA) is 123 Å². The number of nitrogens with one attached hydrogen (secondary N) is 3. The molecule has 150 valence electrons. The summed E-state index contributed by atoms with van der Waals surface area (Å²) in [5.41, 5.74) is 10.8. The number of carbonyl (C=O) groups is 3. The van der Waals surface area contributed by atoms with E-state index in [4.69, 9.17) is 10.5 Å². The minimum Gasteiger partial charge on any atom is -0.444 e. The van der Waals surface area contributed by atoms with E-state index in [0.717, 1.165) is 5.56 Å². The van der Waals surface area contributed by atoms with Crippen molar-refractivity contribution in [2.24, 2.45) is 11.7 Å². The Balaban J connectivity index is 2.66. The van der Waals surface area contributed by atoms with Crippen LogP contribution >= 0.6 is 0 Å². The quantitative estimate of drug-likeness (QED) is 0.563. The normalized spacial score (nSPS) is 12.3. The average Bonchev–Trinajstić information content (AvgIpc) is 2.56. The lowest BCUT2D eigenvalue weighted by molar-refractivity contribution is -0.124. The van der Waals surface area contributed by atoms with Gasteiger partial charge in [-0.15, -0.1) is 0 Å². The molecule has 0 saturated carbocycles. The van der Waals surface area contributed by atoms with E-state index in [9.17, 15) is 14.4 Å². The van der Waals surface area contributed by atoms with Gasteiger partial charge in [-0.3, -0.25) is 20.4 Å². The minimum atomic E-state index is -0.834. The van der Waals surface area contributed by atoms with Gasteiger partial charge in [0.1, 0.15) is 11.6 Å². The first-order valence-electron chi connectivity index (χ1n) is 8.90. The lowest BCUT2D eigenvalue weighted by Crippen LogP contribution is -2.53. The molecule has 5 N–H and O–H groups in total. The summed E-state index contributed by atoms with van der Waals surface area (Å²) in [5.74, 6) is -0.843. The molecule has 0 aliphatic rings. The van der Waals surface area contributed by atoms with Gasteiger partial charge >= 0.3 is 6.09 Å². The van der Waals surface area contributed by atoms with Crippen LogP contribution in [0.2, 0.25) is 0 Å². The molecule has 1 aromatic rings. The van der Waals surface area contributed by atoms with Gasteiger partial charge in [-0.25, -0.2) is 4.79 Å². The van der Waals surface area contributed by atoms with Crippen LogP contribution in [0.3, 0.4) is 0 Å². The van der Waals surface area contributed by atoms with Crippen molar-refractivity contribution in [3.63, 3.8) is 0 Å². The van der Waals surface area contributed by atoms with Crippen molar-refractivity contribution < 1.29 is 19.1 Å². The fourth-order valence-electron chi connectivity index (χ4n) is 2.22.